The van der Waals surface area contributed by atoms with E-state index in [2.05, 4.69) is 4.99 Å². The lowest BCUT2D eigenvalue weighted by Crippen LogP contribution is -1.93. The van der Waals surface area contributed by atoms with Gasteiger partial charge in [0.15, 0.2) is 0 Å². The maximum atomic E-state index is 5.27. The maximum absolute atomic E-state index is 5.27. The molecule has 0 aliphatic rings. The van der Waals surface area contributed by atoms with Crippen molar-refractivity contribution in [1.29, 1.82) is 0 Å². The molecule has 86 valence electrons. The van der Waals surface area contributed by atoms with Crippen LogP contribution in [-0.4, -0.2) is 12.8 Å². The Morgan fingerprint density at radius 3 is 2.29 bits per heavy atom. The van der Waals surface area contributed by atoms with Crippen molar-refractivity contribution < 1.29 is 4.74 Å². The Kier molecular flexibility index (Phi) is 3.55. The molecule has 0 aliphatic heterocycles. The molecule has 0 aromatic heterocycles. The predicted octanol–water partition coefficient (Wildman–Crippen LogP) is 3.84. The predicted molar refractivity (Wildman–Crippen MR) is 71.3 cm³/mol. The van der Waals surface area contributed by atoms with Gasteiger partial charge in [0.25, 0.3) is 0 Å². The first-order valence-electron chi connectivity index (χ1n) is 5.55. The quantitative estimate of drug-likeness (QED) is 0.727. The third-order valence-electron chi connectivity index (χ3n) is 2.56. The highest BCUT2D eigenvalue weighted by Crippen LogP contribution is 2.27. The Morgan fingerprint density at radius 2 is 1.59 bits per heavy atom. The molecule has 0 saturated carbocycles. The van der Waals surface area contributed by atoms with Gasteiger partial charge in [-0.25, -0.2) is 4.99 Å². The normalized spacial score (nSPS) is 11.3. The van der Waals surface area contributed by atoms with Gasteiger partial charge in [0.1, 0.15) is 11.4 Å². The number of hydrogen-bond acceptors (Lipinski definition) is 2. The second-order valence-corrected chi connectivity index (χ2v) is 3.74. The zero-order valence-corrected chi connectivity index (χ0v) is 10.1. The summed E-state index contributed by atoms with van der Waals surface area (Å²) in [7, 11) is 1.66. The van der Waals surface area contributed by atoms with Crippen molar-refractivity contribution in [3.8, 4) is 5.75 Å². The van der Waals surface area contributed by atoms with Crippen molar-refractivity contribution in [3.05, 3.63) is 60.2 Å². The third kappa shape index (κ3) is 2.72. The molecular formula is C15H15NO. The molecule has 2 rings (SSSR count). The largest absolute Gasteiger partial charge is 0.494 e. The summed E-state index contributed by atoms with van der Waals surface area (Å²) in [4.78, 5) is 4.59. The number of benzene rings is 2. The molecule has 2 aromatic carbocycles. The van der Waals surface area contributed by atoms with Crippen LogP contribution in [-0.2, 0) is 0 Å². The summed E-state index contributed by atoms with van der Waals surface area (Å²) in [5.74, 6) is 0.794. The van der Waals surface area contributed by atoms with Crippen molar-refractivity contribution in [1.82, 2.24) is 0 Å². The smallest absolute Gasteiger partial charge is 0.144 e. The molecule has 0 radical (unpaired) electrons. The van der Waals surface area contributed by atoms with Gasteiger partial charge in [-0.2, -0.15) is 0 Å². The van der Waals surface area contributed by atoms with E-state index < -0.39 is 0 Å². The summed E-state index contributed by atoms with van der Waals surface area (Å²) in [5.41, 5.74) is 2.96. The Balaban J connectivity index is 2.36. The van der Waals surface area contributed by atoms with E-state index in [1.165, 1.54) is 0 Å². The monoisotopic (exact) mass is 225 g/mol. The van der Waals surface area contributed by atoms with Crippen LogP contribution in [0.3, 0.4) is 0 Å². The van der Waals surface area contributed by atoms with Crippen molar-refractivity contribution in [3.63, 3.8) is 0 Å². The van der Waals surface area contributed by atoms with Crippen molar-refractivity contribution in [2.45, 2.75) is 6.92 Å². The summed E-state index contributed by atoms with van der Waals surface area (Å²) in [6.07, 6.45) is 0. The number of para-hydroxylation sites is 2. The molecule has 0 amide bonds. The first kappa shape index (κ1) is 11.4. The van der Waals surface area contributed by atoms with Gasteiger partial charge in [-0.15, -0.1) is 0 Å². The van der Waals surface area contributed by atoms with Crippen LogP contribution in [0.2, 0.25) is 0 Å². The van der Waals surface area contributed by atoms with Crippen LogP contribution >= 0.6 is 0 Å². The van der Waals surface area contributed by atoms with E-state index in [1.54, 1.807) is 7.11 Å². The van der Waals surface area contributed by atoms with Crippen LogP contribution in [0.5, 0.6) is 5.75 Å². The molecule has 0 fully saturated rings. The molecule has 0 heterocycles. The average Bonchev–Trinajstić information content (AvgIpc) is 2.40. The van der Waals surface area contributed by atoms with E-state index in [0.717, 1.165) is 22.7 Å². The molecule has 0 spiro atoms. The third-order valence-corrected chi connectivity index (χ3v) is 2.56. The fraction of sp³-hybridized carbons (Fsp3) is 0.133. The minimum absolute atomic E-state index is 0.794. The molecule has 2 heteroatoms. The zero-order valence-electron chi connectivity index (χ0n) is 10.1. The van der Waals surface area contributed by atoms with Crippen LogP contribution in [0.4, 0.5) is 5.69 Å². The molecular weight excluding hydrogens is 210 g/mol. The molecule has 17 heavy (non-hydrogen) atoms. The lowest BCUT2D eigenvalue weighted by Gasteiger charge is -2.05. The number of nitrogens with zero attached hydrogens (tertiary/aromatic N) is 1. The minimum Gasteiger partial charge on any atom is -0.494 e. The van der Waals surface area contributed by atoms with Gasteiger partial charge >= 0.3 is 0 Å². The fourth-order valence-electron chi connectivity index (χ4n) is 1.65. The van der Waals surface area contributed by atoms with Gasteiger partial charge < -0.3 is 4.74 Å². The van der Waals surface area contributed by atoms with Crippen LogP contribution in [0.1, 0.15) is 12.5 Å². The molecule has 0 atom stereocenters. The first-order valence-corrected chi connectivity index (χ1v) is 5.55. The van der Waals surface area contributed by atoms with Crippen LogP contribution in [0, 0.1) is 0 Å². The van der Waals surface area contributed by atoms with Gasteiger partial charge in [-0.3, -0.25) is 0 Å². The van der Waals surface area contributed by atoms with Gasteiger partial charge in [0.05, 0.1) is 7.11 Å². The van der Waals surface area contributed by atoms with Gasteiger partial charge in [-0.05, 0) is 24.6 Å². The number of hydrogen-bond donors (Lipinski definition) is 0. The standard InChI is InChI=1S/C15H15NO/c1-12(13-8-4-3-5-9-13)16-14-10-6-7-11-15(14)17-2/h3-11H,1-2H3/b16-12-. The van der Waals surface area contributed by atoms with Crippen LogP contribution in [0.15, 0.2) is 59.6 Å². The van der Waals surface area contributed by atoms with Gasteiger partial charge in [-0.1, -0.05) is 42.5 Å². The van der Waals surface area contributed by atoms with E-state index in [1.807, 2.05) is 61.5 Å². The average molecular weight is 225 g/mol. The molecule has 0 unspecified atom stereocenters. The highest BCUT2D eigenvalue weighted by molar-refractivity contribution is 6.00. The van der Waals surface area contributed by atoms with Crippen molar-refractivity contribution in [2.24, 2.45) is 4.99 Å². The number of ether oxygens (including phenoxy) is 1. The molecule has 0 N–H and O–H groups in total. The van der Waals surface area contributed by atoms with E-state index in [9.17, 15) is 0 Å². The summed E-state index contributed by atoms with van der Waals surface area (Å²) in [6.45, 7) is 2.00. The highest BCUT2D eigenvalue weighted by Gasteiger charge is 2.01. The molecule has 0 saturated heterocycles. The highest BCUT2D eigenvalue weighted by atomic mass is 16.5. The van der Waals surface area contributed by atoms with E-state index in [-0.39, 0.29) is 0 Å². The molecule has 0 bridgehead atoms. The second-order valence-electron chi connectivity index (χ2n) is 3.74. The van der Waals surface area contributed by atoms with E-state index >= 15 is 0 Å². The van der Waals surface area contributed by atoms with Crippen molar-refractivity contribution >= 4 is 11.4 Å². The lowest BCUT2D eigenvalue weighted by molar-refractivity contribution is 0.416. The van der Waals surface area contributed by atoms with Gasteiger partial charge in [0.2, 0.25) is 0 Å². The summed E-state index contributed by atoms with van der Waals surface area (Å²) in [6, 6.07) is 17.9. The molecule has 2 nitrogen and oxygen atoms in total. The topological polar surface area (TPSA) is 21.6 Å². The van der Waals surface area contributed by atoms with Crippen LogP contribution in [0.25, 0.3) is 0 Å². The maximum Gasteiger partial charge on any atom is 0.144 e. The molecule has 0 aliphatic carbocycles. The number of methoxy groups -OCH3 is 1. The Hall–Kier alpha value is -2.09. The Labute approximate surface area is 102 Å². The fourth-order valence-corrected chi connectivity index (χ4v) is 1.65. The van der Waals surface area contributed by atoms with E-state index in [4.69, 9.17) is 4.74 Å². The van der Waals surface area contributed by atoms with E-state index in [0.29, 0.717) is 0 Å². The number of rotatable bonds is 3. The first-order chi connectivity index (χ1) is 8.31. The second kappa shape index (κ2) is 5.30. The van der Waals surface area contributed by atoms with Gasteiger partial charge in [0, 0.05) is 5.71 Å². The lowest BCUT2D eigenvalue weighted by atomic mass is 10.1. The number of aliphatic imine (C=N–C) groups is 1. The summed E-state index contributed by atoms with van der Waals surface area (Å²) >= 11 is 0. The minimum atomic E-state index is 0.794. The zero-order chi connectivity index (χ0) is 12.1. The van der Waals surface area contributed by atoms with Crippen molar-refractivity contribution in [2.75, 3.05) is 7.11 Å². The summed E-state index contributed by atoms with van der Waals surface area (Å²) in [5, 5.41) is 0. The molecule has 2 aromatic rings. The Morgan fingerprint density at radius 1 is 0.941 bits per heavy atom. The summed E-state index contributed by atoms with van der Waals surface area (Å²) < 4.78 is 5.27. The SMILES string of the molecule is COc1ccccc1/N=C(/C)c1ccccc1. The Bertz CT molecular complexity index is 517. The van der Waals surface area contributed by atoms with Crippen LogP contribution < -0.4 is 4.74 Å².